The summed E-state index contributed by atoms with van der Waals surface area (Å²) in [5.41, 5.74) is 7.31. The number of nitrogens with two attached hydrogens (primary N) is 1. The summed E-state index contributed by atoms with van der Waals surface area (Å²) in [5.74, 6) is 0.827. The molecule has 2 aromatic rings. The highest BCUT2D eigenvalue weighted by molar-refractivity contribution is 5.81. The van der Waals surface area contributed by atoms with Gasteiger partial charge in [-0.1, -0.05) is 36.4 Å². The average molecular weight is 622 g/mol. The van der Waals surface area contributed by atoms with Crippen LogP contribution in [0.3, 0.4) is 0 Å². The van der Waals surface area contributed by atoms with Crippen molar-refractivity contribution in [3.63, 3.8) is 0 Å². The minimum atomic E-state index is -1.08. The predicted molar refractivity (Wildman–Crippen MR) is 165 cm³/mol. The van der Waals surface area contributed by atoms with Gasteiger partial charge in [-0.25, -0.2) is 4.79 Å². The molecule has 45 heavy (non-hydrogen) atoms. The molecule has 0 unspecified atom stereocenters. The highest BCUT2D eigenvalue weighted by Gasteiger charge is 2.72. The van der Waals surface area contributed by atoms with Gasteiger partial charge in [-0.15, -0.1) is 0 Å². The molecule has 1 fully saturated rings. The van der Waals surface area contributed by atoms with Crippen molar-refractivity contribution in [2.24, 2.45) is 5.73 Å². The van der Waals surface area contributed by atoms with Gasteiger partial charge in [0.15, 0.2) is 23.7 Å². The molecule has 11 heteroatoms. The molecule has 6 rings (SSSR count). The molecule has 11 nitrogen and oxygen atoms in total. The number of likely N-dealkylation sites (N-methyl/N-ethyl adjacent to an activating group) is 1. The fraction of sp³-hybridized carbons (Fsp3) is 0.529. The lowest BCUT2D eigenvalue weighted by Crippen LogP contribution is -2.74. The standard InChI is InChI=1S/C34H43N3O8/c1-21(43-20-42-17-7-15-36-31(38)24(35)18-22-8-5-4-6-9-22)32(39)44-26-12-13-34(40)27-19-23-10-11-25(41-3)29-28(23)33(34,30(26)45-29)14-16-37(27)2/h4-6,8-12,21,24,27,30,40H,7,13-20,35H2,1-3H3,(H,36,38)/t21-,24-,27+,30-,33-,34+/m0/s1. The summed E-state index contributed by atoms with van der Waals surface area (Å²) in [7, 11) is 3.65. The zero-order valence-corrected chi connectivity index (χ0v) is 26.1. The maximum absolute atomic E-state index is 13.1. The summed E-state index contributed by atoms with van der Waals surface area (Å²) in [6.45, 7) is 3.02. The van der Waals surface area contributed by atoms with E-state index in [0.717, 1.165) is 23.2 Å². The van der Waals surface area contributed by atoms with Crippen molar-refractivity contribution in [2.45, 2.75) is 74.3 Å². The van der Waals surface area contributed by atoms with Crippen molar-refractivity contribution in [2.75, 3.05) is 40.6 Å². The number of piperidine rings is 1. The maximum atomic E-state index is 13.1. The number of likely N-dealkylation sites (tertiary alicyclic amines) is 1. The van der Waals surface area contributed by atoms with Crippen LogP contribution < -0.4 is 20.5 Å². The molecular formula is C34H43N3O8. The Morgan fingerprint density at radius 3 is 2.80 bits per heavy atom. The second-order valence-corrected chi connectivity index (χ2v) is 12.5. The molecule has 4 N–H and O–H groups in total. The van der Waals surface area contributed by atoms with E-state index in [-0.39, 0.29) is 18.7 Å². The van der Waals surface area contributed by atoms with Crippen molar-refractivity contribution < 1.29 is 38.4 Å². The monoisotopic (exact) mass is 621 g/mol. The van der Waals surface area contributed by atoms with Gasteiger partial charge in [-0.05, 0) is 69.5 Å². The van der Waals surface area contributed by atoms with Crippen LogP contribution in [0, 0.1) is 0 Å². The quantitative estimate of drug-likeness (QED) is 0.173. The Hall–Kier alpha value is -3.48. The molecule has 0 radical (unpaired) electrons. The molecule has 1 spiro atoms. The van der Waals surface area contributed by atoms with Gasteiger partial charge >= 0.3 is 5.97 Å². The molecule has 4 aliphatic rings. The molecule has 6 atom stereocenters. The molecule has 242 valence electrons. The van der Waals surface area contributed by atoms with Gasteiger partial charge in [0.1, 0.15) is 12.6 Å². The molecule has 2 aliphatic carbocycles. The number of nitrogens with zero attached hydrogens (tertiary/aromatic N) is 1. The zero-order chi connectivity index (χ0) is 31.8. The molecule has 1 amide bonds. The van der Waals surface area contributed by atoms with Gasteiger partial charge in [0, 0.05) is 24.6 Å². The number of carbonyl (C=O) groups is 2. The second-order valence-electron chi connectivity index (χ2n) is 12.5. The fourth-order valence-corrected chi connectivity index (χ4v) is 7.54. The van der Waals surface area contributed by atoms with E-state index in [1.54, 1.807) is 20.1 Å². The number of carbonyl (C=O) groups excluding carboxylic acids is 2. The lowest BCUT2D eigenvalue weighted by atomic mass is 9.50. The molecule has 2 heterocycles. The summed E-state index contributed by atoms with van der Waals surface area (Å²) < 4.78 is 29.2. The third kappa shape index (κ3) is 5.50. The van der Waals surface area contributed by atoms with E-state index in [4.69, 9.17) is 29.4 Å². The number of ether oxygens (including phenoxy) is 5. The first kappa shape index (κ1) is 31.5. The van der Waals surface area contributed by atoms with E-state index < -0.39 is 35.2 Å². The van der Waals surface area contributed by atoms with Crippen molar-refractivity contribution in [3.05, 3.63) is 71.0 Å². The Morgan fingerprint density at radius 1 is 1.22 bits per heavy atom. The van der Waals surface area contributed by atoms with Crippen molar-refractivity contribution in [1.29, 1.82) is 0 Å². The average Bonchev–Trinajstić information content (AvgIpc) is 3.39. The van der Waals surface area contributed by atoms with Crippen molar-refractivity contribution in [3.8, 4) is 11.5 Å². The minimum Gasteiger partial charge on any atom is -0.493 e. The third-order valence-electron chi connectivity index (χ3n) is 9.91. The number of hydrogen-bond acceptors (Lipinski definition) is 10. The number of aliphatic hydroxyl groups is 1. The molecular weight excluding hydrogens is 578 g/mol. The number of methoxy groups -OCH3 is 1. The van der Waals surface area contributed by atoms with E-state index in [2.05, 4.69) is 23.3 Å². The summed E-state index contributed by atoms with van der Waals surface area (Å²) in [4.78, 5) is 27.6. The Kier molecular flexibility index (Phi) is 8.91. The van der Waals surface area contributed by atoms with Crippen LogP contribution in [0.15, 0.2) is 54.3 Å². The van der Waals surface area contributed by atoms with Crippen LogP contribution in [-0.2, 0) is 42.1 Å². The van der Waals surface area contributed by atoms with E-state index in [9.17, 15) is 14.7 Å². The normalized spacial score (nSPS) is 27.4. The van der Waals surface area contributed by atoms with E-state index in [0.29, 0.717) is 62.5 Å². The zero-order valence-electron chi connectivity index (χ0n) is 26.1. The minimum absolute atomic E-state index is 0.0866. The Bertz CT molecular complexity index is 1450. The van der Waals surface area contributed by atoms with Crippen LogP contribution >= 0.6 is 0 Å². The maximum Gasteiger partial charge on any atom is 0.340 e. The third-order valence-corrected chi connectivity index (χ3v) is 9.91. The first-order valence-electron chi connectivity index (χ1n) is 15.7. The molecule has 1 saturated heterocycles. The van der Waals surface area contributed by atoms with Crippen LogP contribution in [0.25, 0.3) is 0 Å². The number of hydrogen-bond donors (Lipinski definition) is 3. The smallest absolute Gasteiger partial charge is 0.340 e. The summed E-state index contributed by atoms with van der Waals surface area (Å²) in [6.07, 6.45) is 2.96. The summed E-state index contributed by atoms with van der Waals surface area (Å²) in [6, 6.07) is 12.9. The highest BCUT2D eigenvalue weighted by Crippen LogP contribution is 2.65. The Morgan fingerprint density at radius 2 is 2.02 bits per heavy atom. The van der Waals surface area contributed by atoms with Crippen molar-refractivity contribution in [1.82, 2.24) is 10.2 Å². The Labute approximate surface area is 263 Å². The number of benzene rings is 2. The molecule has 0 aromatic heterocycles. The predicted octanol–water partition coefficient (Wildman–Crippen LogP) is 1.97. The van der Waals surface area contributed by atoms with E-state index in [1.165, 1.54) is 0 Å². The van der Waals surface area contributed by atoms with E-state index in [1.807, 2.05) is 36.4 Å². The number of nitrogens with one attached hydrogen (secondary N) is 1. The largest absolute Gasteiger partial charge is 0.493 e. The topological polar surface area (TPSA) is 142 Å². The first-order valence-corrected chi connectivity index (χ1v) is 15.7. The van der Waals surface area contributed by atoms with Gasteiger partial charge < -0.3 is 44.7 Å². The number of amides is 1. The fourth-order valence-electron chi connectivity index (χ4n) is 7.54. The van der Waals surface area contributed by atoms with Crippen molar-refractivity contribution >= 4 is 11.9 Å². The highest BCUT2D eigenvalue weighted by atomic mass is 16.7. The number of esters is 1. The van der Waals surface area contributed by atoms with Crippen LogP contribution in [0.5, 0.6) is 11.5 Å². The summed E-state index contributed by atoms with van der Waals surface area (Å²) in [5, 5.41) is 15.1. The number of rotatable bonds is 13. The van der Waals surface area contributed by atoms with E-state index >= 15 is 0 Å². The van der Waals surface area contributed by atoms with Crippen LogP contribution in [-0.4, -0.2) is 92.4 Å². The lowest BCUT2D eigenvalue weighted by molar-refractivity contribution is -0.176. The van der Waals surface area contributed by atoms with Crippen LogP contribution in [0.2, 0.25) is 0 Å². The molecule has 2 bridgehead atoms. The van der Waals surface area contributed by atoms with Gasteiger partial charge in [0.25, 0.3) is 0 Å². The lowest BCUT2D eigenvalue weighted by Gasteiger charge is -2.61. The summed E-state index contributed by atoms with van der Waals surface area (Å²) >= 11 is 0. The second kappa shape index (κ2) is 12.7. The first-order chi connectivity index (χ1) is 21.7. The van der Waals surface area contributed by atoms with Gasteiger partial charge in [-0.3, -0.25) is 4.79 Å². The Balaban J connectivity index is 0.997. The van der Waals surface area contributed by atoms with Crippen LogP contribution in [0.1, 0.15) is 42.9 Å². The van der Waals surface area contributed by atoms with Gasteiger partial charge in [0.05, 0.1) is 30.8 Å². The molecule has 0 saturated carbocycles. The van der Waals surface area contributed by atoms with Gasteiger partial charge in [-0.2, -0.15) is 0 Å². The molecule has 2 aliphatic heterocycles. The SMILES string of the molecule is COc1ccc2c3c1O[C@H]1C(OC(=O)[C@H](C)OCOCCCNC(=O)[C@@H](N)Cc4ccccc4)=CC[C@@]4(O)[C@@H](C2)N(C)CC[C@]314. The van der Waals surface area contributed by atoms with Gasteiger partial charge in [0.2, 0.25) is 5.91 Å². The molecule has 2 aromatic carbocycles. The van der Waals surface area contributed by atoms with Crippen LogP contribution in [0.4, 0.5) is 0 Å².